The monoisotopic (exact) mass is 226 g/mol. The topological polar surface area (TPSA) is 75.6 Å². The molecular formula is C5H3BF3KN4. The molecular weight excluding hydrogens is 223 g/mol. The van der Waals surface area contributed by atoms with Crippen molar-refractivity contribution in [3.63, 3.8) is 0 Å². The summed E-state index contributed by atoms with van der Waals surface area (Å²) in [4.78, 5) is 5.93. The van der Waals surface area contributed by atoms with Crippen LogP contribution in [-0.2, 0) is 0 Å². The molecule has 1 rings (SSSR count). The number of hydrogen-bond acceptors (Lipinski definition) is 4. The van der Waals surface area contributed by atoms with Crippen LogP contribution in [-0.4, -0.2) is 16.9 Å². The number of nitrogens with two attached hydrogens (primary N) is 1. The molecule has 2 N–H and O–H groups in total. The van der Waals surface area contributed by atoms with Crippen LogP contribution in [0.1, 0.15) is 5.56 Å². The molecule has 0 bridgehead atoms. The number of hydrogen-bond donors (Lipinski definition) is 1. The molecule has 68 valence electrons. The van der Waals surface area contributed by atoms with Crippen LogP contribution in [0.3, 0.4) is 0 Å². The fourth-order valence-corrected chi connectivity index (χ4v) is 0.653. The van der Waals surface area contributed by atoms with Crippen LogP contribution in [0, 0.1) is 11.3 Å². The van der Waals surface area contributed by atoms with E-state index in [2.05, 4.69) is 9.97 Å². The van der Waals surface area contributed by atoms with E-state index in [1.165, 1.54) is 0 Å². The molecule has 0 aliphatic carbocycles. The van der Waals surface area contributed by atoms with Crippen molar-refractivity contribution in [1.82, 2.24) is 9.97 Å². The molecule has 0 amide bonds. The maximum absolute atomic E-state index is 12.0. The minimum atomic E-state index is -5.26. The summed E-state index contributed by atoms with van der Waals surface area (Å²) in [5.74, 6) is -0.452. The Morgan fingerprint density at radius 2 is 2.00 bits per heavy atom. The average molecular weight is 226 g/mol. The molecule has 14 heavy (non-hydrogen) atoms. The van der Waals surface area contributed by atoms with Crippen molar-refractivity contribution >= 4 is 18.5 Å². The summed E-state index contributed by atoms with van der Waals surface area (Å²) in [6.45, 7) is -5.26. The quantitative estimate of drug-likeness (QED) is 0.517. The van der Waals surface area contributed by atoms with Gasteiger partial charge in [-0.25, -0.2) is 4.98 Å². The van der Waals surface area contributed by atoms with Crippen molar-refractivity contribution in [2.45, 2.75) is 0 Å². The number of nitrogens with zero attached hydrogens (tertiary/aromatic N) is 3. The molecule has 0 aliphatic rings. The van der Waals surface area contributed by atoms with Crippen molar-refractivity contribution < 1.29 is 64.3 Å². The second-order valence-electron chi connectivity index (χ2n) is 2.21. The molecule has 0 aliphatic heterocycles. The van der Waals surface area contributed by atoms with E-state index in [0.29, 0.717) is 0 Å². The van der Waals surface area contributed by atoms with Crippen molar-refractivity contribution in [3.05, 3.63) is 11.8 Å². The number of rotatable bonds is 1. The standard InChI is InChI=1S/C5H3BF3N4.K/c7-6(8,9)5-12-2-3(1-10)4(11)13-5;/h2H,(H2,11,12,13);/q-1;+1. The molecule has 0 saturated heterocycles. The van der Waals surface area contributed by atoms with Gasteiger partial charge in [-0.3, -0.25) is 4.98 Å². The van der Waals surface area contributed by atoms with Crippen molar-refractivity contribution in [3.8, 4) is 6.07 Å². The first-order valence-corrected chi connectivity index (χ1v) is 3.17. The second-order valence-corrected chi connectivity index (χ2v) is 2.21. The molecule has 1 heterocycles. The van der Waals surface area contributed by atoms with Gasteiger partial charge in [-0.1, -0.05) is 0 Å². The summed E-state index contributed by atoms with van der Waals surface area (Å²) < 4.78 is 36.0. The maximum atomic E-state index is 12.0. The summed E-state index contributed by atoms with van der Waals surface area (Å²) in [5.41, 5.74) is 3.62. The van der Waals surface area contributed by atoms with Crippen LogP contribution in [0.15, 0.2) is 6.20 Å². The Morgan fingerprint density at radius 3 is 2.36 bits per heavy atom. The van der Waals surface area contributed by atoms with Gasteiger partial charge in [0.15, 0.2) is 0 Å². The smallest absolute Gasteiger partial charge is 0.443 e. The van der Waals surface area contributed by atoms with Gasteiger partial charge in [-0.15, -0.1) is 0 Å². The number of nitriles is 1. The molecule has 9 heteroatoms. The van der Waals surface area contributed by atoms with Crippen LogP contribution in [0.5, 0.6) is 0 Å². The minimum absolute atomic E-state index is 0. The van der Waals surface area contributed by atoms with Gasteiger partial charge in [0.1, 0.15) is 17.5 Å². The Kier molecular flexibility index (Phi) is 5.04. The second kappa shape index (κ2) is 5.09. The van der Waals surface area contributed by atoms with Crippen LogP contribution >= 0.6 is 0 Å². The zero-order valence-corrected chi connectivity index (χ0v) is 10.3. The molecule has 0 saturated carbocycles. The largest absolute Gasteiger partial charge is 1.00 e. The summed E-state index contributed by atoms with van der Waals surface area (Å²) in [6, 6.07) is 1.56. The molecule has 1 aromatic rings. The molecule has 0 fully saturated rings. The van der Waals surface area contributed by atoms with Gasteiger partial charge >= 0.3 is 58.4 Å². The zero-order valence-electron chi connectivity index (χ0n) is 7.21. The van der Waals surface area contributed by atoms with E-state index >= 15 is 0 Å². The van der Waals surface area contributed by atoms with Gasteiger partial charge < -0.3 is 18.7 Å². The Balaban J connectivity index is 0.00000169. The van der Waals surface area contributed by atoms with Crippen molar-refractivity contribution in [1.29, 1.82) is 5.26 Å². The van der Waals surface area contributed by atoms with Gasteiger partial charge in [-0.2, -0.15) is 5.26 Å². The van der Waals surface area contributed by atoms with E-state index in [9.17, 15) is 12.9 Å². The Morgan fingerprint density at radius 1 is 1.43 bits per heavy atom. The third kappa shape index (κ3) is 3.22. The van der Waals surface area contributed by atoms with Gasteiger partial charge in [0, 0.05) is 6.20 Å². The minimum Gasteiger partial charge on any atom is -0.443 e. The maximum Gasteiger partial charge on any atom is 1.00 e. The summed E-state index contributed by atoms with van der Waals surface area (Å²) in [5, 5.41) is 8.33. The molecule has 0 atom stereocenters. The first kappa shape index (κ1) is 13.9. The fraction of sp³-hybridized carbons (Fsp3) is 0. The first-order valence-electron chi connectivity index (χ1n) is 3.17. The number of halogens is 3. The molecule has 0 aromatic carbocycles. The Labute approximate surface area is 120 Å². The van der Waals surface area contributed by atoms with E-state index < -0.39 is 18.5 Å². The number of anilines is 1. The molecule has 0 unspecified atom stereocenters. The summed E-state index contributed by atoms with van der Waals surface area (Å²) in [7, 11) is 0. The normalized spacial score (nSPS) is 10.1. The van der Waals surface area contributed by atoms with E-state index in [1.807, 2.05) is 0 Å². The van der Waals surface area contributed by atoms with Crippen molar-refractivity contribution in [2.75, 3.05) is 5.73 Å². The van der Waals surface area contributed by atoms with E-state index in [1.54, 1.807) is 6.07 Å². The third-order valence-corrected chi connectivity index (χ3v) is 1.25. The molecule has 0 spiro atoms. The third-order valence-electron chi connectivity index (χ3n) is 1.25. The first-order chi connectivity index (χ1) is 5.95. The molecule has 1 aromatic heterocycles. The fourth-order valence-electron chi connectivity index (χ4n) is 0.653. The summed E-state index contributed by atoms with van der Waals surface area (Å²) in [6.07, 6.45) is 0.757. The van der Waals surface area contributed by atoms with Crippen LogP contribution in [0.4, 0.5) is 18.8 Å². The Bertz CT molecular complexity index is 374. The van der Waals surface area contributed by atoms with Crippen LogP contribution in [0.25, 0.3) is 0 Å². The van der Waals surface area contributed by atoms with E-state index in [0.717, 1.165) is 6.20 Å². The van der Waals surface area contributed by atoms with E-state index in [-0.39, 0.29) is 56.9 Å². The van der Waals surface area contributed by atoms with Crippen LogP contribution < -0.4 is 62.8 Å². The predicted octanol–water partition coefficient (Wildman–Crippen LogP) is -3.01. The molecule has 0 radical (unpaired) electrons. The zero-order chi connectivity index (χ0) is 10.1. The van der Waals surface area contributed by atoms with Crippen LogP contribution in [0.2, 0.25) is 0 Å². The molecule has 4 nitrogen and oxygen atoms in total. The Hall–Kier alpha value is -0.139. The predicted molar refractivity (Wildman–Crippen MR) is 39.9 cm³/mol. The van der Waals surface area contributed by atoms with Crippen molar-refractivity contribution in [2.24, 2.45) is 0 Å². The van der Waals surface area contributed by atoms with Gasteiger partial charge in [0.25, 0.3) is 0 Å². The van der Waals surface area contributed by atoms with Gasteiger partial charge in [0.2, 0.25) is 0 Å². The SMILES string of the molecule is N#Cc1cnc([B-](F)(F)F)nc1N.[K+]. The van der Waals surface area contributed by atoms with Gasteiger partial charge in [-0.05, 0) is 0 Å². The van der Waals surface area contributed by atoms with E-state index in [4.69, 9.17) is 11.0 Å². The number of nitrogen functional groups attached to an aromatic ring is 1. The average Bonchev–Trinajstić information content (AvgIpc) is 2.02. The van der Waals surface area contributed by atoms with Gasteiger partial charge in [0.05, 0.1) is 5.72 Å². The summed E-state index contributed by atoms with van der Waals surface area (Å²) >= 11 is 0. The number of aromatic nitrogens is 2.